The summed E-state index contributed by atoms with van der Waals surface area (Å²) in [6.45, 7) is 6.30. The summed E-state index contributed by atoms with van der Waals surface area (Å²) in [6, 6.07) is 19.8. The van der Waals surface area contributed by atoms with Crippen molar-refractivity contribution in [1.29, 1.82) is 0 Å². The van der Waals surface area contributed by atoms with Crippen LogP contribution in [0.25, 0.3) is 0 Å². The predicted octanol–water partition coefficient (Wildman–Crippen LogP) is 7.02. The molecular formula is C33H41N5O4S2. The molecule has 2 amide bonds. The van der Waals surface area contributed by atoms with E-state index in [-0.39, 0.29) is 12.1 Å². The molecule has 0 bridgehead atoms. The maximum atomic E-state index is 13.3. The van der Waals surface area contributed by atoms with E-state index in [4.69, 9.17) is 9.47 Å². The Labute approximate surface area is 268 Å². The summed E-state index contributed by atoms with van der Waals surface area (Å²) >= 11 is 2.81. The van der Waals surface area contributed by atoms with Crippen LogP contribution in [0.3, 0.4) is 0 Å². The molecular weight excluding hydrogens is 595 g/mol. The van der Waals surface area contributed by atoms with Gasteiger partial charge in [-0.05, 0) is 42.9 Å². The van der Waals surface area contributed by atoms with E-state index >= 15 is 0 Å². The number of methoxy groups -OCH3 is 2. The summed E-state index contributed by atoms with van der Waals surface area (Å²) in [7, 11) is 2.82. The molecule has 2 aromatic carbocycles. The van der Waals surface area contributed by atoms with Gasteiger partial charge in [0.25, 0.3) is 0 Å². The van der Waals surface area contributed by atoms with Crippen LogP contribution in [0.15, 0.2) is 84.1 Å². The van der Waals surface area contributed by atoms with Crippen LogP contribution in [0.2, 0.25) is 0 Å². The lowest BCUT2D eigenvalue weighted by Gasteiger charge is -2.38. The minimum Gasteiger partial charge on any atom is -0.452 e. The molecule has 2 aromatic heterocycles. The molecule has 0 aliphatic heterocycles. The number of carbonyl (C=O) groups excluding carboxylic acids is 2. The summed E-state index contributed by atoms with van der Waals surface area (Å²) in [5, 5.41) is 1.45. The molecule has 4 rings (SSSR count). The first-order chi connectivity index (χ1) is 21.4. The fourth-order valence-corrected chi connectivity index (χ4v) is 6.61. The highest BCUT2D eigenvalue weighted by atomic mass is 32.1. The minimum absolute atomic E-state index is 0.259. The van der Waals surface area contributed by atoms with Gasteiger partial charge >= 0.3 is 12.2 Å². The van der Waals surface area contributed by atoms with Crippen LogP contribution in [0, 0.1) is 5.92 Å². The molecule has 0 saturated heterocycles. The Morgan fingerprint density at radius 2 is 1.16 bits per heavy atom. The number of aromatic nitrogens is 2. The summed E-state index contributed by atoms with van der Waals surface area (Å²) in [4.78, 5) is 41.0. The number of rotatable bonds is 15. The first-order valence-corrected chi connectivity index (χ1v) is 16.5. The Kier molecular flexibility index (Phi) is 12.7. The zero-order valence-corrected chi connectivity index (χ0v) is 27.4. The lowest BCUT2D eigenvalue weighted by molar-refractivity contribution is 0.164. The average molecular weight is 636 g/mol. The van der Waals surface area contributed by atoms with Gasteiger partial charge in [0.15, 0.2) is 0 Å². The minimum atomic E-state index is -0.430. The number of anilines is 2. The molecule has 0 unspecified atom stereocenters. The van der Waals surface area contributed by atoms with E-state index in [1.165, 1.54) is 36.9 Å². The van der Waals surface area contributed by atoms with E-state index < -0.39 is 12.2 Å². The van der Waals surface area contributed by atoms with Crippen molar-refractivity contribution in [1.82, 2.24) is 14.9 Å². The molecule has 4 aromatic rings. The normalized spacial score (nSPS) is 12.6. The molecule has 11 heteroatoms. The molecule has 0 radical (unpaired) electrons. The van der Waals surface area contributed by atoms with Gasteiger partial charge in [-0.25, -0.2) is 9.59 Å². The van der Waals surface area contributed by atoms with E-state index in [1.807, 2.05) is 36.4 Å². The summed E-state index contributed by atoms with van der Waals surface area (Å²) in [5.41, 5.74) is 5.67. The molecule has 0 aliphatic carbocycles. The van der Waals surface area contributed by atoms with Crippen LogP contribution in [-0.2, 0) is 22.3 Å². The largest absolute Gasteiger partial charge is 0.452 e. The number of carbonyl (C=O) groups is 2. The molecule has 234 valence electrons. The van der Waals surface area contributed by atoms with Crippen LogP contribution in [0.5, 0.6) is 0 Å². The van der Waals surface area contributed by atoms with Gasteiger partial charge < -0.3 is 9.47 Å². The van der Waals surface area contributed by atoms with E-state index in [9.17, 15) is 9.59 Å². The van der Waals surface area contributed by atoms with Gasteiger partial charge in [-0.2, -0.15) is 0 Å². The number of hydrogen-bond acceptors (Lipinski definition) is 9. The Morgan fingerprint density at radius 3 is 1.50 bits per heavy atom. The van der Waals surface area contributed by atoms with Gasteiger partial charge in [0.1, 0.15) is 10.0 Å². The van der Waals surface area contributed by atoms with Crippen molar-refractivity contribution in [2.75, 3.05) is 43.7 Å². The third kappa shape index (κ3) is 9.35. The monoisotopic (exact) mass is 635 g/mol. The lowest BCUT2D eigenvalue weighted by atomic mass is 10.0. The summed E-state index contributed by atoms with van der Waals surface area (Å²) in [5.74, 6) is 0.467. The number of amides is 2. The highest BCUT2D eigenvalue weighted by molar-refractivity contribution is 7.14. The fourth-order valence-electron chi connectivity index (χ4n) is 5.23. The fraction of sp³-hybridized carbons (Fsp3) is 0.394. The van der Waals surface area contributed by atoms with Gasteiger partial charge in [0.2, 0.25) is 0 Å². The quantitative estimate of drug-likeness (QED) is 0.139. The van der Waals surface area contributed by atoms with E-state index in [0.717, 1.165) is 34.1 Å². The molecule has 0 saturated carbocycles. The van der Waals surface area contributed by atoms with E-state index in [1.54, 1.807) is 33.2 Å². The summed E-state index contributed by atoms with van der Waals surface area (Å²) < 4.78 is 10.6. The molecule has 0 aliphatic rings. The molecule has 0 spiro atoms. The molecule has 0 fully saturated rings. The highest BCUT2D eigenvalue weighted by Gasteiger charge is 2.33. The second-order valence-corrected chi connectivity index (χ2v) is 12.7. The maximum absolute atomic E-state index is 13.3. The van der Waals surface area contributed by atoms with Crippen LogP contribution < -0.4 is 9.80 Å². The molecule has 9 nitrogen and oxygen atoms in total. The zero-order chi connectivity index (χ0) is 31.3. The molecule has 2 heterocycles. The Bertz CT molecular complexity index is 1290. The van der Waals surface area contributed by atoms with Crippen LogP contribution in [0.4, 0.5) is 19.6 Å². The van der Waals surface area contributed by atoms with E-state index in [2.05, 4.69) is 53.0 Å². The Balaban J connectivity index is 1.73. The summed E-state index contributed by atoms with van der Waals surface area (Å²) in [6.07, 6.45) is 4.74. The second-order valence-electron chi connectivity index (χ2n) is 11.0. The average Bonchev–Trinajstić information content (AvgIpc) is 3.76. The van der Waals surface area contributed by atoms with Gasteiger partial charge in [-0.3, -0.25) is 24.7 Å². The zero-order valence-electron chi connectivity index (χ0n) is 25.7. The van der Waals surface area contributed by atoms with Crippen molar-refractivity contribution < 1.29 is 19.1 Å². The third-order valence-corrected chi connectivity index (χ3v) is 8.92. The first kappa shape index (κ1) is 33.1. The second kappa shape index (κ2) is 16.9. The van der Waals surface area contributed by atoms with Gasteiger partial charge in [-0.15, -0.1) is 22.7 Å². The smallest absolute Gasteiger partial charge is 0.415 e. The van der Waals surface area contributed by atoms with Crippen molar-refractivity contribution in [3.8, 4) is 0 Å². The number of ether oxygens (including phenoxy) is 2. The highest BCUT2D eigenvalue weighted by Crippen LogP contribution is 2.28. The number of benzene rings is 2. The molecule has 0 N–H and O–H groups in total. The van der Waals surface area contributed by atoms with E-state index in [0.29, 0.717) is 31.8 Å². The first-order valence-electron chi connectivity index (χ1n) is 14.7. The van der Waals surface area contributed by atoms with Crippen LogP contribution >= 0.6 is 22.7 Å². The third-order valence-electron chi connectivity index (χ3n) is 7.38. The van der Waals surface area contributed by atoms with Gasteiger partial charge in [0, 0.05) is 13.1 Å². The van der Waals surface area contributed by atoms with Gasteiger partial charge in [-0.1, -0.05) is 74.5 Å². The number of nitrogens with zero attached hydrogens (tertiary/aromatic N) is 5. The van der Waals surface area contributed by atoms with Crippen molar-refractivity contribution in [2.45, 2.75) is 45.2 Å². The Morgan fingerprint density at radius 1 is 0.727 bits per heavy atom. The van der Waals surface area contributed by atoms with Crippen LogP contribution in [-0.4, -0.2) is 73.0 Å². The number of thiazole rings is 2. The van der Waals surface area contributed by atoms with Crippen molar-refractivity contribution in [2.24, 2.45) is 5.92 Å². The molecule has 2 atom stereocenters. The Hall–Kier alpha value is -3.80. The van der Waals surface area contributed by atoms with Crippen molar-refractivity contribution in [3.05, 3.63) is 95.2 Å². The lowest BCUT2D eigenvalue weighted by Crippen LogP contribution is -2.53. The van der Waals surface area contributed by atoms with Gasteiger partial charge in [0.05, 0.1) is 49.7 Å². The predicted molar refractivity (Wildman–Crippen MR) is 178 cm³/mol. The topological polar surface area (TPSA) is 88.1 Å². The maximum Gasteiger partial charge on any atom is 0.415 e. The number of hydrogen-bond donors (Lipinski definition) is 0. The van der Waals surface area contributed by atoms with Crippen molar-refractivity contribution >= 4 is 44.9 Å². The SMILES string of the molecule is COC(=O)N(c1cncs1)[C@H](Cc1ccccc1)CN(CCC(C)C)C[C@@H](Cc1ccccc1)N(C(=O)OC)c1cncs1. The standard InChI is InChI=1S/C33H41N5O4S2/c1-25(2)15-16-36(21-28(17-26-11-7-5-8-12-26)37(32(39)41-3)30-19-34-23-43-30)22-29(18-27-13-9-6-10-14-27)38(33(40)42-4)31-20-35-24-44-31/h5-14,19-20,23-25,28-29H,15-18,21-22H2,1-4H3/t28-,29-/m1/s1. The molecule has 44 heavy (non-hydrogen) atoms. The van der Waals surface area contributed by atoms with Crippen LogP contribution in [0.1, 0.15) is 31.4 Å². The van der Waals surface area contributed by atoms with Crippen molar-refractivity contribution in [3.63, 3.8) is 0 Å².